The number of H-pyrrole nitrogens is 1. The molecule has 31 heavy (non-hydrogen) atoms. The molecular formula is C21H26F3N5O2. The van der Waals surface area contributed by atoms with E-state index in [0.29, 0.717) is 31.7 Å². The van der Waals surface area contributed by atoms with Gasteiger partial charge in [0, 0.05) is 12.0 Å². The van der Waals surface area contributed by atoms with Gasteiger partial charge in [-0.15, -0.1) is 0 Å². The molecule has 4 rings (SSSR count). The molecule has 10 heteroatoms. The lowest BCUT2D eigenvalue weighted by Crippen LogP contribution is -2.30. The highest BCUT2D eigenvalue weighted by Gasteiger charge is 2.39. The van der Waals surface area contributed by atoms with Crippen LogP contribution < -0.4 is 15.6 Å². The van der Waals surface area contributed by atoms with Crippen LogP contribution in [-0.2, 0) is 12.6 Å². The molecule has 0 atom stereocenters. The van der Waals surface area contributed by atoms with Gasteiger partial charge in [0.05, 0.1) is 13.2 Å². The Morgan fingerprint density at radius 2 is 1.87 bits per heavy atom. The van der Waals surface area contributed by atoms with E-state index in [9.17, 15) is 18.0 Å². The van der Waals surface area contributed by atoms with Gasteiger partial charge in [0.25, 0.3) is 5.56 Å². The Labute approximate surface area is 177 Å². The van der Waals surface area contributed by atoms with Crippen molar-refractivity contribution in [2.75, 3.05) is 20.2 Å². The van der Waals surface area contributed by atoms with Gasteiger partial charge in [0.2, 0.25) is 0 Å². The first-order valence-electron chi connectivity index (χ1n) is 10.3. The third-order valence-corrected chi connectivity index (χ3v) is 5.08. The van der Waals surface area contributed by atoms with Crippen molar-refractivity contribution in [2.24, 2.45) is 0 Å². The number of alkyl halides is 3. The zero-order chi connectivity index (χ0) is 22.6. The summed E-state index contributed by atoms with van der Waals surface area (Å²) in [4.78, 5) is 19.5. The van der Waals surface area contributed by atoms with Gasteiger partial charge in [-0.25, -0.2) is 9.67 Å². The maximum atomic E-state index is 13.5. The van der Waals surface area contributed by atoms with E-state index >= 15 is 0 Å². The van der Waals surface area contributed by atoms with E-state index in [4.69, 9.17) is 4.74 Å². The fourth-order valence-corrected chi connectivity index (χ4v) is 3.71. The van der Waals surface area contributed by atoms with Crippen molar-refractivity contribution in [3.63, 3.8) is 0 Å². The van der Waals surface area contributed by atoms with Crippen LogP contribution in [0.5, 0.6) is 5.75 Å². The second-order valence-corrected chi connectivity index (χ2v) is 6.97. The summed E-state index contributed by atoms with van der Waals surface area (Å²) in [5.41, 5.74) is -1.30. The lowest BCUT2D eigenvalue weighted by Gasteiger charge is -2.23. The lowest BCUT2D eigenvalue weighted by molar-refractivity contribution is -0.140. The Morgan fingerprint density at radius 1 is 1.19 bits per heavy atom. The molecule has 7 nitrogen and oxygen atoms in total. The highest BCUT2D eigenvalue weighted by molar-refractivity contribution is 5.78. The minimum absolute atomic E-state index is 0.0297. The first-order valence-corrected chi connectivity index (χ1v) is 10.3. The average molecular weight is 437 g/mol. The highest BCUT2D eigenvalue weighted by atomic mass is 19.4. The molecule has 0 unspecified atom stereocenters. The third-order valence-electron chi connectivity index (χ3n) is 5.08. The normalized spacial score (nSPS) is 14.9. The number of methoxy groups -OCH3 is 1. The molecule has 1 saturated heterocycles. The van der Waals surface area contributed by atoms with Crippen LogP contribution in [-0.4, -0.2) is 39.9 Å². The Bertz CT molecular complexity index is 1080. The SMILES string of the molecule is CC.COc1ccccc1Cc1nc2c(c(C(F)(F)F)nn2C2CCNCC2)c(=O)[nH]1. The van der Waals surface area contributed by atoms with E-state index in [0.717, 1.165) is 5.56 Å². The highest BCUT2D eigenvalue weighted by Crippen LogP contribution is 2.34. The number of fused-ring (bicyclic) bond motifs is 1. The number of benzene rings is 1. The first kappa shape index (κ1) is 22.8. The second-order valence-electron chi connectivity index (χ2n) is 6.97. The van der Waals surface area contributed by atoms with Crippen LogP contribution in [0.3, 0.4) is 0 Å². The van der Waals surface area contributed by atoms with Crippen LogP contribution in [0.4, 0.5) is 13.2 Å². The quantitative estimate of drug-likeness (QED) is 0.650. The molecule has 0 radical (unpaired) electrons. The molecule has 3 heterocycles. The molecule has 3 aromatic rings. The molecule has 0 spiro atoms. The summed E-state index contributed by atoms with van der Waals surface area (Å²) in [6.45, 7) is 5.34. The number of piperidine rings is 1. The fourth-order valence-electron chi connectivity index (χ4n) is 3.71. The van der Waals surface area contributed by atoms with Gasteiger partial charge in [-0.3, -0.25) is 4.79 Å². The predicted octanol–water partition coefficient (Wildman–Crippen LogP) is 3.69. The molecule has 0 aliphatic carbocycles. The maximum Gasteiger partial charge on any atom is 0.436 e. The van der Waals surface area contributed by atoms with E-state index in [1.54, 1.807) is 6.07 Å². The Morgan fingerprint density at radius 3 is 2.52 bits per heavy atom. The zero-order valence-electron chi connectivity index (χ0n) is 17.7. The molecule has 0 amide bonds. The zero-order valence-corrected chi connectivity index (χ0v) is 17.7. The van der Waals surface area contributed by atoms with E-state index in [1.165, 1.54) is 11.8 Å². The molecule has 0 bridgehead atoms. The molecule has 1 aromatic carbocycles. The van der Waals surface area contributed by atoms with E-state index in [-0.39, 0.29) is 23.9 Å². The largest absolute Gasteiger partial charge is 0.496 e. The number of nitrogens with zero attached hydrogens (tertiary/aromatic N) is 3. The van der Waals surface area contributed by atoms with Gasteiger partial charge in [-0.1, -0.05) is 32.0 Å². The van der Waals surface area contributed by atoms with Gasteiger partial charge in [0.15, 0.2) is 11.3 Å². The monoisotopic (exact) mass is 437 g/mol. The molecule has 1 fully saturated rings. The van der Waals surface area contributed by atoms with E-state index in [2.05, 4.69) is 20.4 Å². The molecule has 2 N–H and O–H groups in total. The van der Waals surface area contributed by atoms with Crippen LogP contribution in [0.25, 0.3) is 11.0 Å². The summed E-state index contributed by atoms with van der Waals surface area (Å²) in [7, 11) is 1.53. The predicted molar refractivity (Wildman–Crippen MR) is 111 cm³/mol. The standard InChI is InChI=1S/C19H20F3N5O2.C2H6/c1-29-13-5-3-2-4-11(13)10-14-24-17-15(18(28)25-14)16(19(20,21)22)26-27(17)12-6-8-23-9-7-12;1-2/h2-5,12,23H,6-10H2,1H3,(H,24,25,28);1-2H3. The number of aromatic nitrogens is 4. The van der Waals surface area contributed by atoms with Crippen molar-refractivity contribution in [3.05, 3.63) is 51.7 Å². The van der Waals surface area contributed by atoms with Crippen molar-refractivity contribution in [1.82, 2.24) is 25.1 Å². The summed E-state index contributed by atoms with van der Waals surface area (Å²) >= 11 is 0. The first-order chi connectivity index (χ1) is 14.9. The van der Waals surface area contributed by atoms with Gasteiger partial charge in [-0.05, 0) is 32.0 Å². The average Bonchev–Trinajstić information content (AvgIpc) is 3.17. The van der Waals surface area contributed by atoms with Crippen LogP contribution in [0, 0.1) is 0 Å². The van der Waals surface area contributed by atoms with Gasteiger partial charge in [0.1, 0.15) is 17.0 Å². The smallest absolute Gasteiger partial charge is 0.436 e. The van der Waals surface area contributed by atoms with Gasteiger partial charge in [-0.2, -0.15) is 18.3 Å². The summed E-state index contributed by atoms with van der Waals surface area (Å²) in [6.07, 6.45) is -3.29. The number of para-hydroxylation sites is 1. The molecule has 168 valence electrons. The van der Waals surface area contributed by atoms with Crippen molar-refractivity contribution >= 4 is 11.0 Å². The summed E-state index contributed by atoms with van der Waals surface area (Å²) in [6, 6.07) is 6.96. The van der Waals surface area contributed by atoms with Crippen LogP contribution in [0.1, 0.15) is 49.8 Å². The number of ether oxygens (including phenoxy) is 1. The van der Waals surface area contributed by atoms with Crippen molar-refractivity contribution in [2.45, 2.75) is 45.3 Å². The maximum absolute atomic E-state index is 13.5. The fraction of sp³-hybridized carbons (Fsp3) is 0.476. The minimum Gasteiger partial charge on any atom is -0.496 e. The number of nitrogens with one attached hydrogen (secondary N) is 2. The Kier molecular flexibility index (Phi) is 6.99. The summed E-state index contributed by atoms with van der Waals surface area (Å²) < 4.78 is 47.2. The summed E-state index contributed by atoms with van der Waals surface area (Å²) in [5.74, 6) is 0.869. The van der Waals surface area contributed by atoms with Crippen molar-refractivity contribution in [3.8, 4) is 5.75 Å². The number of rotatable bonds is 4. The third kappa shape index (κ3) is 4.73. The second kappa shape index (κ2) is 9.51. The minimum atomic E-state index is -4.74. The van der Waals surface area contributed by atoms with Crippen LogP contribution in [0.2, 0.25) is 0 Å². The van der Waals surface area contributed by atoms with Crippen LogP contribution >= 0.6 is 0 Å². The molecule has 1 aliphatic heterocycles. The number of aromatic amines is 1. The molecule has 1 aliphatic rings. The number of hydrogen-bond acceptors (Lipinski definition) is 5. The topological polar surface area (TPSA) is 84.8 Å². The van der Waals surface area contributed by atoms with E-state index in [1.807, 2.05) is 32.0 Å². The van der Waals surface area contributed by atoms with Crippen molar-refractivity contribution < 1.29 is 17.9 Å². The molecular weight excluding hydrogens is 411 g/mol. The Balaban J connectivity index is 0.00000132. The summed E-state index contributed by atoms with van der Waals surface area (Å²) in [5, 5.41) is 6.44. The molecule has 0 saturated carbocycles. The lowest BCUT2D eigenvalue weighted by atomic mass is 10.1. The van der Waals surface area contributed by atoms with Gasteiger partial charge >= 0.3 is 6.18 Å². The van der Waals surface area contributed by atoms with E-state index < -0.39 is 22.8 Å². The number of hydrogen-bond donors (Lipinski definition) is 2. The number of halogens is 3. The van der Waals surface area contributed by atoms with Crippen molar-refractivity contribution in [1.29, 1.82) is 0 Å². The van der Waals surface area contributed by atoms with Gasteiger partial charge < -0.3 is 15.0 Å². The molecule has 2 aromatic heterocycles. The Hall–Kier alpha value is -2.88. The van der Waals surface area contributed by atoms with Crippen LogP contribution in [0.15, 0.2) is 29.1 Å².